The molecular weight excluding hydrogens is 483 g/mol. The normalized spacial score (nSPS) is 11.0. The van der Waals surface area contributed by atoms with Crippen LogP contribution < -0.4 is 4.74 Å². The molecule has 1 aromatic carbocycles. The van der Waals surface area contributed by atoms with Crippen molar-refractivity contribution in [2.75, 3.05) is 20.7 Å². The molecule has 0 spiro atoms. The molecule has 33 heavy (non-hydrogen) atoms. The van der Waals surface area contributed by atoms with Crippen LogP contribution >= 0.6 is 36.4 Å². The molecule has 0 aliphatic carbocycles. The molecule has 0 bridgehead atoms. The number of halogens is 3. The van der Waals surface area contributed by atoms with Gasteiger partial charge in [-0.25, -0.2) is 9.97 Å². The van der Waals surface area contributed by atoms with Crippen LogP contribution in [0.2, 0.25) is 5.02 Å². The summed E-state index contributed by atoms with van der Waals surface area (Å²) in [6.07, 6.45) is 2.44. The van der Waals surface area contributed by atoms with Gasteiger partial charge in [0, 0.05) is 29.7 Å². The third kappa shape index (κ3) is 6.87. The number of hydrogen-bond donors (Lipinski definition) is 1. The Bertz CT molecular complexity index is 1190. The molecule has 3 heterocycles. The highest BCUT2D eigenvalue weighted by Gasteiger charge is 2.14. The van der Waals surface area contributed by atoms with Gasteiger partial charge >= 0.3 is 0 Å². The van der Waals surface area contributed by atoms with E-state index in [-0.39, 0.29) is 24.8 Å². The summed E-state index contributed by atoms with van der Waals surface area (Å²) in [5.74, 6) is 3.43. The maximum Gasteiger partial charge on any atom is 0.178 e. The molecule has 1 N–H and O–H groups in total. The van der Waals surface area contributed by atoms with Crippen molar-refractivity contribution in [2.45, 2.75) is 26.8 Å². The zero-order valence-corrected chi connectivity index (χ0v) is 21.5. The van der Waals surface area contributed by atoms with E-state index in [4.69, 9.17) is 20.8 Å². The Labute approximate surface area is 211 Å². The third-order valence-corrected chi connectivity index (χ3v) is 4.98. The zero-order valence-electron chi connectivity index (χ0n) is 19.1. The zero-order chi connectivity index (χ0) is 22.0. The van der Waals surface area contributed by atoms with E-state index in [1.807, 2.05) is 50.6 Å². The molecule has 4 aromatic rings. The minimum absolute atomic E-state index is 0. The van der Waals surface area contributed by atoms with Gasteiger partial charge < -0.3 is 19.0 Å². The van der Waals surface area contributed by atoms with E-state index >= 15 is 0 Å². The summed E-state index contributed by atoms with van der Waals surface area (Å²) in [7, 11) is 4.07. The number of benzene rings is 1. The van der Waals surface area contributed by atoms with Crippen LogP contribution in [0.4, 0.5) is 0 Å². The van der Waals surface area contributed by atoms with Gasteiger partial charge in [0.1, 0.15) is 11.5 Å². The van der Waals surface area contributed by atoms with Gasteiger partial charge in [-0.15, -0.1) is 24.8 Å². The number of hydrogen-bond acceptors (Lipinski definition) is 5. The maximum atomic E-state index is 6.23. The smallest absolute Gasteiger partial charge is 0.178 e. The highest BCUT2D eigenvalue weighted by Crippen LogP contribution is 2.29. The number of nitrogens with zero attached hydrogens (tertiary/aromatic N) is 3. The average molecular weight is 512 g/mol. The number of rotatable bonds is 8. The van der Waals surface area contributed by atoms with E-state index < -0.39 is 0 Å². The maximum absolute atomic E-state index is 6.23. The van der Waals surface area contributed by atoms with Gasteiger partial charge in [0.15, 0.2) is 17.2 Å². The fraction of sp³-hybridized carbons (Fsp3) is 0.333. The molecule has 0 aliphatic rings. The largest absolute Gasteiger partial charge is 0.493 e. The van der Waals surface area contributed by atoms with Gasteiger partial charge in [-0.05, 0) is 62.0 Å². The second-order valence-electron chi connectivity index (χ2n) is 8.44. The van der Waals surface area contributed by atoms with Crippen LogP contribution in [0.1, 0.15) is 30.7 Å². The first kappa shape index (κ1) is 27.0. The molecule has 0 unspecified atom stereocenters. The van der Waals surface area contributed by atoms with Crippen LogP contribution in [-0.4, -0.2) is 40.6 Å². The quantitative estimate of drug-likeness (QED) is 0.296. The lowest BCUT2D eigenvalue weighted by atomic mass is 10.1. The van der Waals surface area contributed by atoms with E-state index in [0.717, 1.165) is 34.7 Å². The molecule has 0 saturated heterocycles. The van der Waals surface area contributed by atoms with Crippen molar-refractivity contribution in [3.05, 3.63) is 64.5 Å². The van der Waals surface area contributed by atoms with E-state index in [2.05, 4.69) is 39.8 Å². The minimum Gasteiger partial charge on any atom is -0.493 e. The predicted molar refractivity (Wildman–Crippen MR) is 138 cm³/mol. The first-order valence-electron chi connectivity index (χ1n) is 10.4. The topological polar surface area (TPSA) is 67.2 Å². The average Bonchev–Trinajstić information content (AvgIpc) is 3.33. The monoisotopic (exact) mass is 510 g/mol. The van der Waals surface area contributed by atoms with Gasteiger partial charge in [0.05, 0.1) is 12.1 Å². The number of pyridine rings is 1. The van der Waals surface area contributed by atoms with E-state index in [0.29, 0.717) is 41.2 Å². The molecule has 0 radical (unpaired) electrons. The number of aromatic amines is 1. The van der Waals surface area contributed by atoms with Gasteiger partial charge in [-0.3, -0.25) is 0 Å². The Kier molecular flexibility index (Phi) is 9.61. The minimum atomic E-state index is 0. The molecule has 0 aliphatic heterocycles. The van der Waals surface area contributed by atoms with Crippen LogP contribution in [0.25, 0.3) is 22.7 Å². The standard InChI is InChI=1S/C24H27ClN4O2.2ClH/c1-15(2)14-30-21-7-5-18(25)10-17(21)11-19-6-8-22(31-19)24-27-20-9-16(13-29(3)4)12-26-23(20)28-24;;/h5-10,12,15H,11,13-14H2,1-4H3,(H,26,27,28);2*1H. The number of aromatic nitrogens is 3. The molecule has 9 heteroatoms. The van der Waals surface area contributed by atoms with E-state index in [1.54, 1.807) is 0 Å². The molecular formula is C24H29Cl3N4O2. The van der Waals surface area contributed by atoms with Crippen molar-refractivity contribution in [1.29, 1.82) is 0 Å². The van der Waals surface area contributed by atoms with Crippen LogP contribution in [0, 0.1) is 5.92 Å². The predicted octanol–water partition coefficient (Wildman–Crippen LogP) is 6.40. The van der Waals surface area contributed by atoms with E-state index in [1.165, 1.54) is 0 Å². The third-order valence-electron chi connectivity index (χ3n) is 4.75. The van der Waals surface area contributed by atoms with Crippen molar-refractivity contribution in [2.24, 2.45) is 5.92 Å². The summed E-state index contributed by atoms with van der Waals surface area (Å²) >= 11 is 6.23. The first-order valence-corrected chi connectivity index (χ1v) is 10.7. The van der Waals surface area contributed by atoms with Crippen LogP contribution in [0.3, 0.4) is 0 Å². The van der Waals surface area contributed by atoms with Gasteiger partial charge in [0.25, 0.3) is 0 Å². The van der Waals surface area contributed by atoms with Crippen molar-refractivity contribution < 1.29 is 9.15 Å². The fourth-order valence-electron chi connectivity index (χ4n) is 3.38. The number of fused-ring (bicyclic) bond motifs is 1. The molecule has 4 rings (SSSR count). The van der Waals surface area contributed by atoms with E-state index in [9.17, 15) is 0 Å². The second kappa shape index (κ2) is 11.7. The summed E-state index contributed by atoms with van der Waals surface area (Å²) in [5.41, 5.74) is 3.69. The molecule has 0 saturated carbocycles. The summed E-state index contributed by atoms with van der Waals surface area (Å²) in [4.78, 5) is 14.5. The lowest BCUT2D eigenvalue weighted by Gasteiger charge is -2.13. The Balaban J connectivity index is 0.00000193. The molecule has 0 atom stereocenters. The lowest BCUT2D eigenvalue weighted by molar-refractivity contribution is 0.268. The summed E-state index contributed by atoms with van der Waals surface area (Å²) in [6.45, 7) is 5.73. The molecule has 0 fully saturated rings. The highest BCUT2D eigenvalue weighted by atomic mass is 35.5. The summed E-state index contributed by atoms with van der Waals surface area (Å²) < 4.78 is 12.1. The Hall–Kier alpha value is -2.25. The SMILES string of the molecule is CC(C)COc1ccc(Cl)cc1Cc1ccc(-c2nc3ncc(CN(C)C)cc3[nH]2)o1.Cl.Cl. The van der Waals surface area contributed by atoms with Gasteiger partial charge in [-0.2, -0.15) is 0 Å². The van der Waals surface area contributed by atoms with Gasteiger partial charge in [0.2, 0.25) is 0 Å². The summed E-state index contributed by atoms with van der Waals surface area (Å²) in [6, 6.07) is 11.7. The van der Waals surface area contributed by atoms with Gasteiger partial charge in [-0.1, -0.05) is 25.4 Å². The van der Waals surface area contributed by atoms with Crippen molar-refractivity contribution in [1.82, 2.24) is 19.9 Å². The number of H-pyrrole nitrogens is 1. The fourth-order valence-corrected chi connectivity index (χ4v) is 3.58. The Morgan fingerprint density at radius 3 is 2.64 bits per heavy atom. The Morgan fingerprint density at radius 1 is 1.12 bits per heavy atom. The second-order valence-corrected chi connectivity index (χ2v) is 8.87. The number of nitrogens with one attached hydrogen (secondary N) is 1. The van der Waals surface area contributed by atoms with Crippen LogP contribution in [0.15, 0.2) is 47.0 Å². The van der Waals surface area contributed by atoms with Crippen LogP contribution in [-0.2, 0) is 13.0 Å². The number of imidazole rings is 1. The lowest BCUT2D eigenvalue weighted by Crippen LogP contribution is -2.10. The van der Waals surface area contributed by atoms with Crippen molar-refractivity contribution in [3.8, 4) is 17.3 Å². The number of ether oxygens (including phenoxy) is 1. The number of furan rings is 1. The molecule has 0 amide bonds. The molecule has 3 aromatic heterocycles. The highest BCUT2D eigenvalue weighted by molar-refractivity contribution is 6.30. The molecule has 178 valence electrons. The van der Waals surface area contributed by atoms with Crippen molar-refractivity contribution >= 4 is 47.6 Å². The molecule has 6 nitrogen and oxygen atoms in total. The van der Waals surface area contributed by atoms with Crippen LogP contribution in [0.5, 0.6) is 5.75 Å². The summed E-state index contributed by atoms with van der Waals surface area (Å²) in [5, 5.41) is 0.676. The Morgan fingerprint density at radius 2 is 1.91 bits per heavy atom. The first-order chi connectivity index (χ1) is 14.9. The van der Waals surface area contributed by atoms with Crippen molar-refractivity contribution in [3.63, 3.8) is 0 Å².